The second kappa shape index (κ2) is 7.51. The summed E-state index contributed by atoms with van der Waals surface area (Å²) in [5.74, 6) is -0.0792. The van der Waals surface area contributed by atoms with Crippen LogP contribution in [0.15, 0.2) is 29.2 Å². The molecule has 1 amide bonds. The van der Waals surface area contributed by atoms with Crippen LogP contribution in [0, 0.1) is 10.1 Å². The molecular formula is C15H16N2O3S2. The molecule has 1 heterocycles. The molecule has 1 fully saturated rings. The smallest absolute Gasteiger partial charge is 0.269 e. The summed E-state index contributed by atoms with van der Waals surface area (Å²) in [6.45, 7) is 2.76. The van der Waals surface area contributed by atoms with Crippen LogP contribution < -0.4 is 0 Å². The van der Waals surface area contributed by atoms with E-state index in [2.05, 4.69) is 6.92 Å². The lowest BCUT2D eigenvalue weighted by molar-refractivity contribution is -0.384. The van der Waals surface area contributed by atoms with Gasteiger partial charge in [0.2, 0.25) is 0 Å². The van der Waals surface area contributed by atoms with Crippen molar-refractivity contribution in [2.24, 2.45) is 0 Å². The van der Waals surface area contributed by atoms with E-state index in [1.807, 2.05) is 0 Å². The predicted octanol–water partition coefficient (Wildman–Crippen LogP) is 3.99. The van der Waals surface area contributed by atoms with Crippen LogP contribution in [-0.2, 0) is 4.79 Å². The van der Waals surface area contributed by atoms with Gasteiger partial charge in [-0.15, -0.1) is 0 Å². The fourth-order valence-corrected chi connectivity index (χ4v) is 3.36. The van der Waals surface area contributed by atoms with E-state index in [1.165, 1.54) is 23.9 Å². The summed E-state index contributed by atoms with van der Waals surface area (Å²) < 4.78 is 0.578. The standard InChI is InChI=1S/C15H16N2O3S2/c1-2-3-4-9-16-14(18)13(22-15(16)21)10-11-5-7-12(8-6-11)17(19)20/h5-8,10H,2-4,9H2,1H3/b13-10-. The Balaban J connectivity index is 2.10. The van der Waals surface area contributed by atoms with Crippen molar-refractivity contribution >= 4 is 46.0 Å². The van der Waals surface area contributed by atoms with E-state index in [0.29, 0.717) is 15.8 Å². The number of hydrogen-bond acceptors (Lipinski definition) is 5. The molecule has 0 bridgehead atoms. The van der Waals surface area contributed by atoms with Crippen LogP contribution in [0.4, 0.5) is 5.69 Å². The summed E-state index contributed by atoms with van der Waals surface area (Å²) in [4.78, 5) is 24.7. The fraction of sp³-hybridized carbons (Fsp3) is 0.333. The molecule has 1 aromatic carbocycles. The van der Waals surface area contributed by atoms with Gasteiger partial charge in [-0.1, -0.05) is 43.7 Å². The predicted molar refractivity (Wildman–Crippen MR) is 92.5 cm³/mol. The molecule has 1 saturated heterocycles. The molecule has 116 valence electrons. The van der Waals surface area contributed by atoms with Crippen molar-refractivity contribution in [2.45, 2.75) is 26.2 Å². The zero-order valence-electron chi connectivity index (χ0n) is 12.2. The van der Waals surface area contributed by atoms with E-state index in [4.69, 9.17) is 12.2 Å². The average molecular weight is 336 g/mol. The number of hydrogen-bond donors (Lipinski definition) is 0. The van der Waals surface area contributed by atoms with Crippen molar-refractivity contribution in [3.05, 3.63) is 44.8 Å². The fourth-order valence-electron chi connectivity index (χ4n) is 2.06. The largest absolute Gasteiger partial charge is 0.293 e. The van der Waals surface area contributed by atoms with Crippen molar-refractivity contribution in [2.75, 3.05) is 6.54 Å². The third-order valence-corrected chi connectivity index (χ3v) is 4.64. The van der Waals surface area contributed by atoms with Gasteiger partial charge in [-0.2, -0.15) is 0 Å². The second-order valence-corrected chi connectivity index (χ2v) is 6.56. The molecule has 22 heavy (non-hydrogen) atoms. The number of rotatable bonds is 6. The van der Waals surface area contributed by atoms with Crippen LogP contribution in [0.2, 0.25) is 0 Å². The first-order chi connectivity index (χ1) is 10.5. The Morgan fingerprint density at radius 3 is 2.59 bits per heavy atom. The number of non-ortho nitro benzene ring substituents is 1. The highest BCUT2D eigenvalue weighted by Crippen LogP contribution is 2.32. The molecule has 1 aliphatic rings. The molecule has 1 aliphatic heterocycles. The number of nitro groups is 1. The molecule has 0 N–H and O–H groups in total. The zero-order chi connectivity index (χ0) is 16.1. The molecule has 0 spiro atoms. The van der Waals surface area contributed by atoms with Crippen LogP contribution in [0.25, 0.3) is 6.08 Å². The molecule has 0 unspecified atom stereocenters. The minimum atomic E-state index is -0.447. The number of carbonyl (C=O) groups excluding carboxylic acids is 1. The summed E-state index contributed by atoms with van der Waals surface area (Å²) in [5.41, 5.74) is 0.781. The SMILES string of the molecule is CCCCCN1C(=O)/C(=C/c2ccc([N+](=O)[O-])cc2)SC1=S. The highest BCUT2D eigenvalue weighted by atomic mass is 32.2. The van der Waals surface area contributed by atoms with Gasteiger partial charge < -0.3 is 0 Å². The highest BCUT2D eigenvalue weighted by Gasteiger charge is 2.31. The van der Waals surface area contributed by atoms with Crippen molar-refractivity contribution in [3.8, 4) is 0 Å². The summed E-state index contributed by atoms with van der Waals surface area (Å²) >= 11 is 6.53. The molecule has 2 rings (SSSR count). The maximum Gasteiger partial charge on any atom is 0.269 e. The first kappa shape index (κ1) is 16.6. The van der Waals surface area contributed by atoms with Gasteiger partial charge in [-0.25, -0.2) is 0 Å². The zero-order valence-corrected chi connectivity index (χ0v) is 13.8. The molecule has 0 aliphatic carbocycles. The number of thiocarbonyl (C=S) groups is 1. The number of nitro benzene ring substituents is 1. The first-order valence-electron chi connectivity index (χ1n) is 7.02. The van der Waals surface area contributed by atoms with Gasteiger partial charge >= 0.3 is 0 Å². The monoisotopic (exact) mass is 336 g/mol. The average Bonchev–Trinajstić information content (AvgIpc) is 2.75. The quantitative estimate of drug-likeness (QED) is 0.258. The molecule has 0 aromatic heterocycles. The van der Waals surface area contributed by atoms with Gasteiger partial charge in [0.05, 0.1) is 9.83 Å². The number of carbonyl (C=O) groups is 1. The number of thioether (sulfide) groups is 1. The Morgan fingerprint density at radius 2 is 2.00 bits per heavy atom. The summed E-state index contributed by atoms with van der Waals surface area (Å²) in [7, 11) is 0. The van der Waals surface area contributed by atoms with Gasteiger partial charge in [-0.3, -0.25) is 19.8 Å². The van der Waals surface area contributed by atoms with E-state index in [0.717, 1.165) is 24.8 Å². The third-order valence-electron chi connectivity index (χ3n) is 3.26. The Bertz CT molecular complexity index is 626. The van der Waals surface area contributed by atoms with Crippen LogP contribution >= 0.6 is 24.0 Å². The Morgan fingerprint density at radius 1 is 1.32 bits per heavy atom. The van der Waals surface area contributed by atoms with Gasteiger partial charge in [0.25, 0.3) is 11.6 Å². The maximum atomic E-state index is 12.3. The molecule has 5 nitrogen and oxygen atoms in total. The van der Waals surface area contributed by atoms with Crippen molar-refractivity contribution in [1.82, 2.24) is 4.90 Å². The minimum Gasteiger partial charge on any atom is -0.293 e. The topological polar surface area (TPSA) is 63.5 Å². The van der Waals surface area contributed by atoms with E-state index in [-0.39, 0.29) is 11.6 Å². The molecule has 0 radical (unpaired) electrons. The van der Waals surface area contributed by atoms with Gasteiger partial charge in [-0.05, 0) is 30.2 Å². The lowest BCUT2D eigenvalue weighted by atomic mass is 10.2. The van der Waals surface area contributed by atoms with Crippen molar-refractivity contribution in [1.29, 1.82) is 0 Å². The normalized spacial score (nSPS) is 16.6. The Kier molecular flexibility index (Phi) is 5.68. The highest BCUT2D eigenvalue weighted by molar-refractivity contribution is 8.26. The van der Waals surface area contributed by atoms with Crippen LogP contribution in [0.5, 0.6) is 0 Å². The minimum absolute atomic E-state index is 0.0317. The lowest BCUT2D eigenvalue weighted by Crippen LogP contribution is -2.28. The maximum absolute atomic E-state index is 12.3. The molecule has 0 saturated carbocycles. The van der Waals surface area contributed by atoms with Gasteiger partial charge in [0, 0.05) is 18.7 Å². The first-order valence-corrected chi connectivity index (χ1v) is 8.25. The van der Waals surface area contributed by atoms with E-state index in [9.17, 15) is 14.9 Å². The summed E-state index contributed by atoms with van der Waals surface area (Å²) in [6.07, 6.45) is 4.82. The number of amides is 1. The molecular weight excluding hydrogens is 320 g/mol. The summed E-state index contributed by atoms with van der Waals surface area (Å²) in [5, 5.41) is 10.6. The number of unbranched alkanes of at least 4 members (excludes halogenated alkanes) is 2. The number of nitrogens with zero attached hydrogens (tertiary/aromatic N) is 2. The molecule has 0 atom stereocenters. The Hall–Kier alpha value is -1.73. The van der Waals surface area contributed by atoms with Gasteiger partial charge in [0.1, 0.15) is 4.32 Å². The van der Waals surface area contributed by atoms with Crippen molar-refractivity contribution < 1.29 is 9.72 Å². The van der Waals surface area contributed by atoms with E-state index in [1.54, 1.807) is 23.1 Å². The second-order valence-electron chi connectivity index (χ2n) is 4.89. The molecule has 1 aromatic rings. The number of benzene rings is 1. The van der Waals surface area contributed by atoms with Crippen LogP contribution in [-0.4, -0.2) is 26.6 Å². The lowest BCUT2D eigenvalue weighted by Gasteiger charge is -2.13. The van der Waals surface area contributed by atoms with E-state index < -0.39 is 4.92 Å². The third kappa shape index (κ3) is 3.92. The Labute approximate surface area is 138 Å². The van der Waals surface area contributed by atoms with E-state index >= 15 is 0 Å². The van der Waals surface area contributed by atoms with Crippen molar-refractivity contribution in [3.63, 3.8) is 0 Å². The van der Waals surface area contributed by atoms with Gasteiger partial charge in [0.15, 0.2) is 0 Å². The van der Waals surface area contributed by atoms with Crippen LogP contribution in [0.3, 0.4) is 0 Å². The molecule has 7 heteroatoms. The summed E-state index contributed by atoms with van der Waals surface area (Å²) in [6, 6.07) is 6.10. The van der Waals surface area contributed by atoms with Crippen LogP contribution in [0.1, 0.15) is 31.7 Å².